The van der Waals surface area contributed by atoms with E-state index in [1.807, 2.05) is 19.1 Å². The molecule has 0 aliphatic rings. The average molecular weight is 256 g/mol. The molecule has 0 saturated heterocycles. The second-order valence-electron chi connectivity index (χ2n) is 4.41. The Morgan fingerprint density at radius 1 is 1.11 bits per heavy atom. The number of hydrogen-bond donors (Lipinski definition) is 0. The fourth-order valence-corrected chi connectivity index (χ4v) is 2.86. The number of aromatic nitrogens is 1. The van der Waals surface area contributed by atoms with Crippen LogP contribution in [0.2, 0.25) is 0 Å². The van der Waals surface area contributed by atoms with Crippen LogP contribution in [-0.4, -0.2) is 11.0 Å². The molecule has 0 amide bonds. The summed E-state index contributed by atoms with van der Waals surface area (Å²) in [6.45, 7) is 4.10. The largest absolute Gasteiger partial charge is 0.544 e. The van der Waals surface area contributed by atoms with Crippen LogP contribution in [0.25, 0.3) is 21.1 Å². The van der Waals surface area contributed by atoms with E-state index in [1.165, 1.54) is 11.1 Å². The van der Waals surface area contributed by atoms with E-state index in [1.54, 1.807) is 6.07 Å². The van der Waals surface area contributed by atoms with Gasteiger partial charge in [-0.2, -0.15) is 0 Å². The maximum absolute atomic E-state index is 10.8. The van der Waals surface area contributed by atoms with Gasteiger partial charge in [0.1, 0.15) is 4.83 Å². The first-order valence-corrected chi connectivity index (χ1v) is 6.39. The monoisotopic (exact) mass is 256 g/mol. The van der Waals surface area contributed by atoms with Gasteiger partial charge in [0.05, 0.1) is 16.4 Å². The summed E-state index contributed by atoms with van der Waals surface area (Å²) >= 11 is 1.16. The predicted octanol–water partition coefficient (Wildman–Crippen LogP) is 2.43. The average Bonchev–Trinajstić information content (AvgIpc) is 2.71. The van der Waals surface area contributed by atoms with Gasteiger partial charge >= 0.3 is 0 Å². The van der Waals surface area contributed by atoms with E-state index in [2.05, 4.69) is 18.0 Å². The second-order valence-corrected chi connectivity index (χ2v) is 5.44. The Labute approximate surface area is 108 Å². The molecule has 3 nitrogen and oxygen atoms in total. The molecule has 0 N–H and O–H groups in total. The Hall–Kier alpha value is -1.94. The molecule has 3 rings (SSSR count). The second kappa shape index (κ2) is 3.78. The van der Waals surface area contributed by atoms with Crippen LogP contribution in [0.3, 0.4) is 0 Å². The molecule has 0 bridgehead atoms. The number of aromatic carboxylic acids is 1. The Balaban J connectivity index is 2.36. The van der Waals surface area contributed by atoms with E-state index in [-0.39, 0.29) is 4.88 Å². The highest BCUT2D eigenvalue weighted by Crippen LogP contribution is 2.28. The molecule has 0 aliphatic heterocycles. The van der Waals surface area contributed by atoms with Crippen molar-refractivity contribution in [1.82, 2.24) is 4.98 Å². The van der Waals surface area contributed by atoms with Gasteiger partial charge in [-0.05, 0) is 49.2 Å². The maximum Gasteiger partial charge on any atom is 0.124 e. The van der Waals surface area contributed by atoms with Gasteiger partial charge in [0.25, 0.3) is 0 Å². The van der Waals surface area contributed by atoms with Crippen molar-refractivity contribution >= 4 is 38.4 Å². The molecule has 4 heteroatoms. The minimum Gasteiger partial charge on any atom is -0.544 e. The lowest BCUT2D eigenvalue weighted by Crippen LogP contribution is -2.20. The molecular weight excluding hydrogens is 246 g/mol. The van der Waals surface area contributed by atoms with E-state index in [0.29, 0.717) is 0 Å². The molecule has 2 aromatic heterocycles. The summed E-state index contributed by atoms with van der Waals surface area (Å²) in [5.41, 5.74) is 3.29. The van der Waals surface area contributed by atoms with Gasteiger partial charge in [-0.1, -0.05) is 0 Å². The van der Waals surface area contributed by atoms with Crippen LogP contribution in [-0.2, 0) is 0 Å². The van der Waals surface area contributed by atoms with E-state index in [0.717, 1.165) is 32.5 Å². The number of pyridine rings is 1. The van der Waals surface area contributed by atoms with Crippen LogP contribution in [0.1, 0.15) is 20.8 Å². The van der Waals surface area contributed by atoms with E-state index in [9.17, 15) is 9.90 Å². The summed E-state index contributed by atoms with van der Waals surface area (Å²) < 4.78 is 0. The highest BCUT2D eigenvalue weighted by molar-refractivity contribution is 7.20. The third kappa shape index (κ3) is 1.66. The zero-order valence-corrected chi connectivity index (χ0v) is 10.8. The van der Waals surface area contributed by atoms with Gasteiger partial charge in [0.2, 0.25) is 0 Å². The SMILES string of the molecule is Cc1cc2cc3cc(C(=O)[O-])sc3nc2cc1C. The number of carboxylic acids is 1. The summed E-state index contributed by atoms with van der Waals surface area (Å²) in [5, 5.41) is 12.7. The number of benzene rings is 1. The molecule has 0 aliphatic carbocycles. The lowest BCUT2D eigenvalue weighted by molar-refractivity contribution is -0.254. The molecular formula is C14H10NO2S-. The van der Waals surface area contributed by atoms with Crippen LogP contribution >= 0.6 is 11.3 Å². The lowest BCUT2D eigenvalue weighted by Gasteiger charge is -2.03. The van der Waals surface area contributed by atoms with Crippen molar-refractivity contribution in [1.29, 1.82) is 0 Å². The Bertz CT molecular complexity index is 731. The Morgan fingerprint density at radius 2 is 1.83 bits per heavy atom. The van der Waals surface area contributed by atoms with Gasteiger partial charge in [-0.3, -0.25) is 0 Å². The van der Waals surface area contributed by atoms with E-state index >= 15 is 0 Å². The normalized spacial score (nSPS) is 11.2. The molecule has 0 spiro atoms. The molecule has 0 fully saturated rings. The fourth-order valence-electron chi connectivity index (χ4n) is 2.00. The highest BCUT2D eigenvalue weighted by Gasteiger charge is 2.07. The summed E-state index contributed by atoms with van der Waals surface area (Å²) in [6.07, 6.45) is 0. The molecule has 0 unspecified atom stereocenters. The third-order valence-corrected chi connectivity index (χ3v) is 4.14. The van der Waals surface area contributed by atoms with Crippen molar-refractivity contribution in [2.24, 2.45) is 0 Å². The topological polar surface area (TPSA) is 53.0 Å². The Morgan fingerprint density at radius 3 is 2.56 bits per heavy atom. The van der Waals surface area contributed by atoms with Crippen LogP contribution in [0.4, 0.5) is 0 Å². The molecule has 3 aromatic rings. The molecule has 18 heavy (non-hydrogen) atoms. The lowest BCUT2D eigenvalue weighted by atomic mass is 10.1. The van der Waals surface area contributed by atoms with Gasteiger partial charge in [-0.25, -0.2) is 4.98 Å². The zero-order chi connectivity index (χ0) is 12.9. The van der Waals surface area contributed by atoms with Crippen molar-refractivity contribution in [3.05, 3.63) is 40.3 Å². The summed E-state index contributed by atoms with van der Waals surface area (Å²) in [6, 6.07) is 7.71. The summed E-state index contributed by atoms with van der Waals surface area (Å²) in [7, 11) is 0. The van der Waals surface area contributed by atoms with E-state index < -0.39 is 5.97 Å². The van der Waals surface area contributed by atoms with Crippen molar-refractivity contribution in [3.63, 3.8) is 0 Å². The maximum atomic E-state index is 10.8. The molecule has 2 heterocycles. The number of fused-ring (bicyclic) bond motifs is 2. The van der Waals surface area contributed by atoms with Crippen LogP contribution in [0.5, 0.6) is 0 Å². The van der Waals surface area contributed by atoms with Crippen LogP contribution < -0.4 is 5.11 Å². The minimum atomic E-state index is -1.14. The molecule has 1 aromatic carbocycles. The Kier molecular flexibility index (Phi) is 2.35. The number of rotatable bonds is 1. The number of carboxylic acid groups (broad SMARTS) is 1. The van der Waals surface area contributed by atoms with Crippen molar-refractivity contribution in [3.8, 4) is 0 Å². The smallest absolute Gasteiger partial charge is 0.124 e. The number of aryl methyl sites for hydroxylation is 2. The molecule has 0 atom stereocenters. The van der Waals surface area contributed by atoms with Crippen molar-refractivity contribution < 1.29 is 9.90 Å². The number of nitrogens with zero attached hydrogens (tertiary/aromatic N) is 1. The first kappa shape index (κ1) is 11.2. The molecule has 0 radical (unpaired) electrons. The minimum absolute atomic E-state index is 0.223. The van der Waals surface area contributed by atoms with Gasteiger partial charge in [-0.15, -0.1) is 11.3 Å². The predicted molar refractivity (Wildman–Crippen MR) is 70.9 cm³/mol. The number of hydrogen-bond acceptors (Lipinski definition) is 4. The highest BCUT2D eigenvalue weighted by atomic mass is 32.1. The standard InChI is InChI=1S/C14H11NO2S/c1-7-3-9-5-10-6-12(14(16)17)18-13(10)15-11(9)4-8(7)2/h3-6H,1-2H3,(H,16,17)/p-1. The summed E-state index contributed by atoms with van der Waals surface area (Å²) in [4.78, 5) is 16.3. The number of carbonyl (C=O) groups excluding carboxylic acids is 1. The fraction of sp³-hybridized carbons (Fsp3) is 0.143. The number of thiophene rings is 1. The van der Waals surface area contributed by atoms with Crippen molar-refractivity contribution in [2.75, 3.05) is 0 Å². The molecule has 0 saturated carbocycles. The van der Waals surface area contributed by atoms with Gasteiger partial charge in [0.15, 0.2) is 0 Å². The first-order valence-electron chi connectivity index (χ1n) is 5.57. The first-order chi connectivity index (χ1) is 8.54. The third-order valence-electron chi connectivity index (χ3n) is 3.12. The van der Waals surface area contributed by atoms with Crippen LogP contribution in [0.15, 0.2) is 24.3 Å². The molecule has 90 valence electrons. The van der Waals surface area contributed by atoms with Gasteiger partial charge < -0.3 is 9.90 Å². The van der Waals surface area contributed by atoms with Crippen molar-refractivity contribution in [2.45, 2.75) is 13.8 Å². The zero-order valence-electron chi connectivity index (χ0n) is 9.98. The van der Waals surface area contributed by atoms with Gasteiger partial charge in [0, 0.05) is 10.8 Å². The van der Waals surface area contributed by atoms with E-state index in [4.69, 9.17) is 0 Å². The van der Waals surface area contributed by atoms with Crippen LogP contribution in [0, 0.1) is 13.8 Å². The number of carbonyl (C=O) groups is 1. The summed E-state index contributed by atoms with van der Waals surface area (Å²) in [5.74, 6) is -1.14. The quantitative estimate of drug-likeness (QED) is 0.672.